The van der Waals surface area contributed by atoms with Crippen LogP contribution in [-0.4, -0.2) is 34.6 Å². The van der Waals surface area contributed by atoms with Crippen molar-refractivity contribution in [2.24, 2.45) is 11.8 Å². The number of rotatable bonds is 10. The Kier molecular flexibility index (Phi) is 9.17. The molecule has 3 rings (SSSR count). The quantitative estimate of drug-likeness (QED) is 0.315. The van der Waals surface area contributed by atoms with Crippen molar-refractivity contribution < 1.29 is 5.11 Å². The average molecular weight is 488 g/mol. The molecule has 5 heteroatoms. The predicted octanol–water partition coefficient (Wildman–Crippen LogP) is 7.94. The van der Waals surface area contributed by atoms with E-state index < -0.39 is 6.10 Å². The molecular weight excluding hydrogens is 451 g/mol. The molecule has 0 bridgehead atoms. The van der Waals surface area contributed by atoms with E-state index in [9.17, 15) is 5.11 Å². The van der Waals surface area contributed by atoms with Gasteiger partial charge in [0.15, 0.2) is 0 Å². The molecule has 0 spiro atoms. The zero-order valence-corrected chi connectivity index (χ0v) is 21.9. The normalized spacial score (nSPS) is 12.9. The lowest BCUT2D eigenvalue weighted by Gasteiger charge is -2.27. The highest BCUT2D eigenvalue weighted by molar-refractivity contribution is 6.32. The summed E-state index contributed by atoms with van der Waals surface area (Å²) in [5, 5.41) is 13.8. The molecule has 2 aromatic carbocycles. The Balaban J connectivity index is 2.01. The van der Waals surface area contributed by atoms with Crippen molar-refractivity contribution in [1.29, 1.82) is 0 Å². The summed E-state index contributed by atoms with van der Waals surface area (Å²) in [4.78, 5) is 7.33. The minimum Gasteiger partial charge on any atom is -0.387 e. The van der Waals surface area contributed by atoms with Crippen LogP contribution in [0.4, 0.5) is 0 Å². The van der Waals surface area contributed by atoms with Crippen LogP contribution in [0.2, 0.25) is 10.0 Å². The van der Waals surface area contributed by atoms with E-state index in [0.717, 1.165) is 59.2 Å². The van der Waals surface area contributed by atoms with Gasteiger partial charge in [0.1, 0.15) is 0 Å². The van der Waals surface area contributed by atoms with Crippen molar-refractivity contribution in [1.82, 2.24) is 9.88 Å². The number of aryl methyl sites for hydroxylation is 1. The van der Waals surface area contributed by atoms with Gasteiger partial charge in [-0.05, 0) is 80.1 Å². The molecule has 0 saturated carbocycles. The molecule has 0 aliphatic heterocycles. The topological polar surface area (TPSA) is 36.4 Å². The van der Waals surface area contributed by atoms with E-state index in [2.05, 4.69) is 32.6 Å². The van der Waals surface area contributed by atoms with E-state index in [0.29, 0.717) is 28.4 Å². The predicted molar refractivity (Wildman–Crippen MR) is 142 cm³/mol. The maximum atomic E-state index is 11.5. The highest BCUT2D eigenvalue weighted by Crippen LogP contribution is 2.33. The van der Waals surface area contributed by atoms with Crippen LogP contribution >= 0.6 is 23.2 Å². The summed E-state index contributed by atoms with van der Waals surface area (Å²) in [6.07, 6.45) is 1.61. The van der Waals surface area contributed by atoms with Crippen LogP contribution in [0.5, 0.6) is 0 Å². The molecule has 0 fully saturated rings. The maximum absolute atomic E-state index is 11.5. The zero-order valence-electron chi connectivity index (χ0n) is 20.4. The fourth-order valence-electron chi connectivity index (χ4n) is 3.99. The van der Waals surface area contributed by atoms with Gasteiger partial charge in [-0.25, -0.2) is 4.98 Å². The fourth-order valence-corrected chi connectivity index (χ4v) is 4.27. The summed E-state index contributed by atoms with van der Waals surface area (Å²) < 4.78 is 0. The number of hydrogen-bond acceptors (Lipinski definition) is 3. The number of halogens is 2. The van der Waals surface area contributed by atoms with Gasteiger partial charge in [-0.2, -0.15) is 0 Å². The molecule has 0 saturated heterocycles. The largest absolute Gasteiger partial charge is 0.387 e. The van der Waals surface area contributed by atoms with E-state index in [4.69, 9.17) is 28.2 Å². The number of aromatic nitrogens is 1. The van der Waals surface area contributed by atoms with Crippen LogP contribution in [0.15, 0.2) is 42.5 Å². The first-order valence-electron chi connectivity index (χ1n) is 11.9. The monoisotopic (exact) mass is 486 g/mol. The minimum atomic E-state index is -0.624. The Labute approximate surface area is 208 Å². The highest BCUT2D eigenvalue weighted by atomic mass is 35.5. The smallest absolute Gasteiger partial charge is 0.0924 e. The van der Waals surface area contributed by atoms with Gasteiger partial charge in [0, 0.05) is 27.5 Å². The third-order valence-electron chi connectivity index (χ3n) is 6.18. The van der Waals surface area contributed by atoms with Crippen LogP contribution in [0.3, 0.4) is 0 Å². The molecule has 0 radical (unpaired) electrons. The van der Waals surface area contributed by atoms with Crippen molar-refractivity contribution >= 4 is 34.1 Å². The van der Waals surface area contributed by atoms with Gasteiger partial charge in [-0.15, -0.1) is 0 Å². The second-order valence-corrected chi connectivity index (χ2v) is 10.7. The summed E-state index contributed by atoms with van der Waals surface area (Å²) in [6.45, 7) is 13.5. The number of nitrogens with zero attached hydrogens (tertiary/aromatic N) is 2. The van der Waals surface area contributed by atoms with Crippen LogP contribution in [0.1, 0.15) is 57.8 Å². The second-order valence-electron chi connectivity index (χ2n) is 9.85. The maximum Gasteiger partial charge on any atom is 0.0924 e. The van der Waals surface area contributed by atoms with Crippen molar-refractivity contribution in [3.8, 4) is 11.3 Å². The number of benzene rings is 2. The molecule has 1 N–H and O–H groups in total. The van der Waals surface area contributed by atoms with Crippen LogP contribution < -0.4 is 0 Å². The van der Waals surface area contributed by atoms with Crippen LogP contribution in [-0.2, 0) is 0 Å². The van der Waals surface area contributed by atoms with E-state index >= 15 is 0 Å². The Morgan fingerprint density at radius 3 is 2.09 bits per heavy atom. The van der Waals surface area contributed by atoms with E-state index in [1.807, 2.05) is 49.4 Å². The number of aliphatic hydroxyl groups excluding tert-OH is 1. The zero-order chi connectivity index (χ0) is 24.1. The third-order valence-corrected chi connectivity index (χ3v) is 6.84. The molecule has 3 nitrogen and oxygen atoms in total. The van der Waals surface area contributed by atoms with Crippen molar-refractivity contribution in [3.05, 3.63) is 63.6 Å². The standard InChI is InChI=1S/C28H36Cl2N2O/c1-18(2)12-14-32(15-13-19(3)4)17-27(33)24-16-26(21-6-8-22(29)9-7-21)31-28-20(5)25(30)11-10-23(24)28/h6-11,16,18-19,27,33H,12-15,17H2,1-5H3/t27-/m1/s1. The first-order valence-corrected chi connectivity index (χ1v) is 12.7. The fraction of sp³-hybridized carbons (Fsp3) is 0.464. The first kappa shape index (κ1) is 26.0. The van der Waals surface area contributed by atoms with E-state index in [1.54, 1.807) is 0 Å². The first-order chi connectivity index (χ1) is 15.7. The Bertz CT molecular complexity index is 1050. The lowest BCUT2D eigenvalue weighted by Crippen LogP contribution is -2.32. The van der Waals surface area contributed by atoms with Gasteiger partial charge in [0.25, 0.3) is 0 Å². The molecule has 3 aromatic rings. The van der Waals surface area contributed by atoms with Crippen LogP contribution in [0, 0.1) is 18.8 Å². The summed E-state index contributed by atoms with van der Waals surface area (Å²) in [5.41, 5.74) is 4.43. The highest BCUT2D eigenvalue weighted by Gasteiger charge is 2.20. The third kappa shape index (κ3) is 6.93. The van der Waals surface area contributed by atoms with Crippen molar-refractivity contribution in [3.63, 3.8) is 0 Å². The number of pyridine rings is 1. The van der Waals surface area contributed by atoms with Gasteiger partial charge >= 0.3 is 0 Å². The molecule has 1 atom stereocenters. The molecule has 0 aliphatic rings. The van der Waals surface area contributed by atoms with Gasteiger partial charge in [0.05, 0.1) is 17.3 Å². The van der Waals surface area contributed by atoms with E-state index in [-0.39, 0.29) is 0 Å². The molecule has 0 unspecified atom stereocenters. The van der Waals surface area contributed by atoms with Gasteiger partial charge in [-0.3, -0.25) is 0 Å². The summed E-state index contributed by atoms with van der Waals surface area (Å²) in [5.74, 6) is 1.26. The van der Waals surface area contributed by atoms with Gasteiger partial charge in [0.2, 0.25) is 0 Å². The summed E-state index contributed by atoms with van der Waals surface area (Å²) in [7, 11) is 0. The number of fused-ring (bicyclic) bond motifs is 1. The molecule has 0 aliphatic carbocycles. The Morgan fingerprint density at radius 1 is 0.909 bits per heavy atom. The number of aliphatic hydroxyl groups is 1. The molecule has 33 heavy (non-hydrogen) atoms. The van der Waals surface area contributed by atoms with Gasteiger partial charge in [-0.1, -0.05) is 69.1 Å². The summed E-state index contributed by atoms with van der Waals surface area (Å²) >= 11 is 12.5. The molecule has 0 amide bonds. The Hall–Kier alpha value is -1.65. The minimum absolute atomic E-state index is 0.598. The lowest BCUT2D eigenvalue weighted by atomic mass is 9.97. The second kappa shape index (κ2) is 11.7. The number of hydrogen-bond donors (Lipinski definition) is 1. The van der Waals surface area contributed by atoms with Gasteiger partial charge < -0.3 is 10.0 Å². The Morgan fingerprint density at radius 2 is 1.52 bits per heavy atom. The molecule has 1 aromatic heterocycles. The molecular formula is C28H36Cl2N2O. The van der Waals surface area contributed by atoms with E-state index in [1.165, 1.54) is 0 Å². The average Bonchev–Trinajstić information content (AvgIpc) is 2.77. The van der Waals surface area contributed by atoms with Crippen molar-refractivity contribution in [2.75, 3.05) is 19.6 Å². The SMILES string of the molecule is Cc1c(Cl)ccc2c([C@H](O)CN(CCC(C)C)CCC(C)C)cc(-c3ccc(Cl)cc3)nc12. The summed E-state index contributed by atoms with van der Waals surface area (Å²) in [6, 6.07) is 13.6. The van der Waals surface area contributed by atoms with Crippen LogP contribution in [0.25, 0.3) is 22.2 Å². The lowest BCUT2D eigenvalue weighted by molar-refractivity contribution is 0.108. The van der Waals surface area contributed by atoms with Crippen molar-refractivity contribution in [2.45, 2.75) is 53.6 Å². The molecule has 178 valence electrons. The molecule has 1 heterocycles.